The van der Waals surface area contributed by atoms with Crippen molar-refractivity contribution in [3.63, 3.8) is 0 Å². The van der Waals surface area contributed by atoms with Crippen LogP contribution in [-0.4, -0.2) is 60.8 Å². The van der Waals surface area contributed by atoms with Crippen molar-refractivity contribution < 1.29 is 9.53 Å². The molecule has 1 N–H and O–H groups in total. The Kier molecular flexibility index (Phi) is 3.54. The average molecular weight is 324 g/mol. The smallest absolute Gasteiger partial charge is 0.239 e. The molecule has 1 saturated carbocycles. The Labute approximate surface area is 133 Å². The number of halogens is 1. The molecule has 7 nitrogen and oxygen atoms in total. The molecule has 3 heterocycles. The van der Waals surface area contributed by atoms with Gasteiger partial charge in [-0.3, -0.25) is 4.79 Å². The summed E-state index contributed by atoms with van der Waals surface area (Å²) in [5.74, 6) is 0.854. The lowest BCUT2D eigenvalue weighted by atomic mass is 10.1. The van der Waals surface area contributed by atoms with E-state index >= 15 is 0 Å². The van der Waals surface area contributed by atoms with Crippen molar-refractivity contribution in [2.24, 2.45) is 0 Å². The lowest BCUT2D eigenvalue weighted by Gasteiger charge is -2.45. The summed E-state index contributed by atoms with van der Waals surface area (Å²) < 4.78 is 5.57. The summed E-state index contributed by atoms with van der Waals surface area (Å²) in [7, 11) is 0. The van der Waals surface area contributed by atoms with E-state index < -0.39 is 0 Å². The predicted octanol–water partition coefficient (Wildman–Crippen LogP) is 0.434. The fraction of sp³-hybridized carbons (Fsp3) is 0.643. The number of aromatic nitrogens is 2. The molecule has 1 aromatic rings. The lowest BCUT2D eigenvalue weighted by molar-refractivity contribution is -0.119. The molecule has 1 atom stereocenters. The molecule has 118 valence electrons. The minimum atomic E-state index is 0.0496. The average Bonchev–Trinajstić information content (AvgIpc) is 3.31. The minimum absolute atomic E-state index is 0.0496. The molecule has 2 fully saturated rings. The highest BCUT2D eigenvalue weighted by Crippen LogP contribution is 2.34. The first kappa shape index (κ1) is 14.0. The van der Waals surface area contributed by atoms with Gasteiger partial charge < -0.3 is 19.9 Å². The highest BCUT2D eigenvalue weighted by molar-refractivity contribution is 6.28. The third kappa shape index (κ3) is 2.70. The van der Waals surface area contributed by atoms with Gasteiger partial charge in [0.25, 0.3) is 0 Å². The highest BCUT2D eigenvalue weighted by atomic mass is 35.5. The summed E-state index contributed by atoms with van der Waals surface area (Å²) in [5, 5.41) is 3.25. The maximum absolute atomic E-state index is 12.1. The molecule has 1 aromatic heterocycles. The molecule has 0 spiro atoms. The first-order valence-corrected chi connectivity index (χ1v) is 8.00. The number of hydrogen-bond donors (Lipinski definition) is 1. The van der Waals surface area contributed by atoms with Gasteiger partial charge in [0.1, 0.15) is 0 Å². The van der Waals surface area contributed by atoms with Gasteiger partial charge >= 0.3 is 0 Å². The van der Waals surface area contributed by atoms with Gasteiger partial charge in [-0.25, -0.2) is 4.98 Å². The molecular weight excluding hydrogens is 306 g/mol. The van der Waals surface area contributed by atoms with Crippen molar-refractivity contribution in [3.05, 3.63) is 11.5 Å². The van der Waals surface area contributed by atoms with Crippen molar-refractivity contribution in [1.29, 1.82) is 0 Å². The van der Waals surface area contributed by atoms with Crippen LogP contribution in [-0.2, 0) is 9.53 Å². The summed E-state index contributed by atoms with van der Waals surface area (Å²) in [6.07, 6.45) is 3.89. The van der Waals surface area contributed by atoms with Gasteiger partial charge in [0, 0.05) is 19.1 Å². The number of carbonyl (C=O) groups excluding carboxylic acids is 1. The molecule has 0 bridgehead atoms. The van der Waals surface area contributed by atoms with Crippen LogP contribution < -0.4 is 15.1 Å². The van der Waals surface area contributed by atoms with Gasteiger partial charge in [-0.15, -0.1) is 0 Å². The molecule has 1 saturated heterocycles. The summed E-state index contributed by atoms with van der Waals surface area (Å²) in [6.45, 7) is 3.16. The third-order valence-corrected chi connectivity index (χ3v) is 4.45. The Morgan fingerprint density at radius 2 is 2.36 bits per heavy atom. The first-order valence-electron chi connectivity index (χ1n) is 7.62. The maximum atomic E-state index is 12.1. The zero-order chi connectivity index (χ0) is 15.1. The molecule has 2 aliphatic heterocycles. The molecule has 4 rings (SSSR count). The number of fused-ring (bicyclic) bond motifs is 3. The number of carbonyl (C=O) groups is 1. The monoisotopic (exact) mass is 323 g/mol. The molecule has 3 aliphatic rings. The molecule has 1 amide bonds. The Hall–Kier alpha value is -1.60. The van der Waals surface area contributed by atoms with E-state index in [0.29, 0.717) is 25.8 Å². The zero-order valence-electron chi connectivity index (χ0n) is 12.2. The van der Waals surface area contributed by atoms with Gasteiger partial charge in [-0.2, -0.15) is 4.98 Å². The quantitative estimate of drug-likeness (QED) is 0.814. The van der Waals surface area contributed by atoms with Crippen LogP contribution in [0.1, 0.15) is 12.8 Å². The van der Waals surface area contributed by atoms with Crippen molar-refractivity contribution >= 4 is 29.0 Å². The van der Waals surface area contributed by atoms with E-state index in [2.05, 4.69) is 20.2 Å². The zero-order valence-corrected chi connectivity index (χ0v) is 12.9. The molecule has 1 unspecified atom stereocenters. The minimum Gasteiger partial charge on any atom is -0.377 e. The molecule has 0 radical (unpaired) electrons. The van der Waals surface area contributed by atoms with Gasteiger partial charge in [-0.05, 0) is 24.4 Å². The van der Waals surface area contributed by atoms with Crippen molar-refractivity contribution in [2.75, 3.05) is 42.6 Å². The fourth-order valence-electron chi connectivity index (χ4n) is 3.04. The van der Waals surface area contributed by atoms with E-state index in [1.165, 1.54) is 0 Å². The molecule has 0 aromatic carbocycles. The van der Waals surface area contributed by atoms with Crippen LogP contribution in [0.4, 0.5) is 11.5 Å². The number of nitrogens with zero attached hydrogens (tertiary/aromatic N) is 4. The van der Waals surface area contributed by atoms with Gasteiger partial charge in [0.15, 0.2) is 5.82 Å². The number of morpholine rings is 1. The van der Waals surface area contributed by atoms with E-state index in [-0.39, 0.29) is 17.2 Å². The Morgan fingerprint density at radius 3 is 3.18 bits per heavy atom. The predicted molar refractivity (Wildman–Crippen MR) is 82.4 cm³/mol. The number of anilines is 2. The first-order chi connectivity index (χ1) is 10.7. The Bertz CT molecular complexity index is 595. The highest BCUT2D eigenvalue weighted by Gasteiger charge is 2.35. The maximum Gasteiger partial charge on any atom is 0.239 e. The van der Waals surface area contributed by atoms with Crippen molar-refractivity contribution in [2.45, 2.75) is 24.9 Å². The number of rotatable bonds is 3. The second kappa shape index (κ2) is 5.55. The van der Waals surface area contributed by atoms with Crippen molar-refractivity contribution in [3.8, 4) is 0 Å². The second-order valence-corrected chi connectivity index (χ2v) is 6.33. The van der Waals surface area contributed by atoms with Gasteiger partial charge in [0.05, 0.1) is 37.7 Å². The second-order valence-electron chi connectivity index (χ2n) is 5.99. The fourth-order valence-corrected chi connectivity index (χ4v) is 3.17. The number of nitrogens with one attached hydrogen (secondary N) is 1. The van der Waals surface area contributed by atoms with Crippen LogP contribution in [0.25, 0.3) is 0 Å². The lowest BCUT2D eigenvalue weighted by Crippen LogP contribution is -2.57. The summed E-state index contributed by atoms with van der Waals surface area (Å²) in [5.41, 5.74) is 0.869. The summed E-state index contributed by atoms with van der Waals surface area (Å²) in [4.78, 5) is 24.8. The van der Waals surface area contributed by atoms with E-state index in [1.807, 2.05) is 4.90 Å². The summed E-state index contributed by atoms with van der Waals surface area (Å²) >= 11 is 5.96. The van der Waals surface area contributed by atoms with E-state index in [9.17, 15) is 4.79 Å². The number of hydrogen-bond acceptors (Lipinski definition) is 6. The van der Waals surface area contributed by atoms with Crippen LogP contribution >= 0.6 is 11.6 Å². The molecule has 22 heavy (non-hydrogen) atoms. The molecular formula is C14H18ClN5O2. The van der Waals surface area contributed by atoms with Gasteiger partial charge in [-0.1, -0.05) is 0 Å². The van der Waals surface area contributed by atoms with Crippen LogP contribution in [0, 0.1) is 0 Å². The van der Waals surface area contributed by atoms with Gasteiger partial charge in [0.2, 0.25) is 11.2 Å². The Morgan fingerprint density at radius 1 is 1.50 bits per heavy atom. The van der Waals surface area contributed by atoms with Crippen molar-refractivity contribution in [1.82, 2.24) is 15.3 Å². The van der Waals surface area contributed by atoms with E-state index in [1.54, 1.807) is 6.20 Å². The van der Waals surface area contributed by atoms with Crippen LogP contribution in [0.3, 0.4) is 0 Å². The molecule has 8 heteroatoms. The standard InChI is InChI=1S/C14H18ClN5O2/c15-14-16-5-11-13(18-14)20-3-4-22-8-10(20)6-19(11)7-12(21)17-9-1-2-9/h5,9-10H,1-4,6-8H2,(H,17,21). The topological polar surface area (TPSA) is 70.6 Å². The van der Waals surface area contributed by atoms with Crippen LogP contribution in [0.15, 0.2) is 6.20 Å². The Balaban J connectivity index is 1.59. The van der Waals surface area contributed by atoms with E-state index in [4.69, 9.17) is 16.3 Å². The SMILES string of the molecule is O=C(CN1CC2COCCN2c2nc(Cl)ncc21)NC1CC1. The molecule has 1 aliphatic carbocycles. The third-order valence-electron chi connectivity index (χ3n) is 4.27. The number of ether oxygens (including phenoxy) is 1. The van der Waals surface area contributed by atoms with Crippen LogP contribution in [0.5, 0.6) is 0 Å². The number of amides is 1. The van der Waals surface area contributed by atoms with Crippen LogP contribution in [0.2, 0.25) is 5.28 Å². The van der Waals surface area contributed by atoms with E-state index in [0.717, 1.165) is 37.4 Å². The largest absolute Gasteiger partial charge is 0.377 e. The normalized spacial score (nSPS) is 23.8. The summed E-state index contributed by atoms with van der Waals surface area (Å²) in [6, 6.07) is 0.564.